The number of nitrogens with two attached hydrogens (primary N) is 1. The molecule has 3 amide bonds. The predicted molar refractivity (Wildman–Crippen MR) is 80.6 cm³/mol. The minimum atomic E-state index is -1.25. The zero-order chi connectivity index (χ0) is 17.0. The molecular formula is C14H18N4O5. The normalized spacial score (nSPS) is 20.7. The van der Waals surface area contributed by atoms with Gasteiger partial charge in [0.2, 0.25) is 0 Å². The number of nitrogens with one attached hydrogen (secondary N) is 1. The Morgan fingerprint density at radius 2 is 1.96 bits per heavy atom. The van der Waals surface area contributed by atoms with Crippen LogP contribution in [0.2, 0.25) is 0 Å². The maximum absolute atomic E-state index is 12.5. The third-order valence-corrected chi connectivity index (χ3v) is 3.65. The van der Waals surface area contributed by atoms with Gasteiger partial charge in [0.1, 0.15) is 5.54 Å². The van der Waals surface area contributed by atoms with Crippen LogP contribution >= 0.6 is 0 Å². The van der Waals surface area contributed by atoms with Crippen LogP contribution in [0, 0.1) is 10.1 Å². The molecule has 1 aliphatic heterocycles. The summed E-state index contributed by atoms with van der Waals surface area (Å²) in [5.74, 6) is -0.423. The van der Waals surface area contributed by atoms with Gasteiger partial charge in [-0.15, -0.1) is 0 Å². The van der Waals surface area contributed by atoms with Gasteiger partial charge in [-0.2, -0.15) is 0 Å². The van der Waals surface area contributed by atoms with Gasteiger partial charge in [-0.25, -0.2) is 4.79 Å². The minimum absolute atomic E-state index is 0.0823. The molecule has 0 saturated carbocycles. The standard InChI is InChI=1S/C14H18N4O5/c1-14(10-2-4-11(5-3-10)18(21)22)12(19)17(13(20)16-14)7-9-23-8-6-15/h2-5H,6-9,15H2,1H3,(H,16,20). The molecule has 1 heterocycles. The second-order valence-electron chi connectivity index (χ2n) is 5.22. The zero-order valence-corrected chi connectivity index (χ0v) is 12.7. The van der Waals surface area contributed by atoms with Crippen molar-refractivity contribution in [1.29, 1.82) is 0 Å². The molecule has 1 atom stereocenters. The molecule has 23 heavy (non-hydrogen) atoms. The third-order valence-electron chi connectivity index (χ3n) is 3.65. The number of carbonyl (C=O) groups excluding carboxylic acids is 2. The van der Waals surface area contributed by atoms with Gasteiger partial charge in [0.25, 0.3) is 11.6 Å². The van der Waals surface area contributed by atoms with Crippen LogP contribution in [0.4, 0.5) is 10.5 Å². The summed E-state index contributed by atoms with van der Waals surface area (Å²) in [6.07, 6.45) is 0. The summed E-state index contributed by atoms with van der Waals surface area (Å²) in [5.41, 5.74) is 4.44. The predicted octanol–water partition coefficient (Wildman–Crippen LogP) is 0.337. The summed E-state index contributed by atoms with van der Waals surface area (Å²) < 4.78 is 5.18. The summed E-state index contributed by atoms with van der Waals surface area (Å²) in [7, 11) is 0. The number of benzene rings is 1. The molecule has 2 rings (SSSR count). The number of rotatable bonds is 7. The molecule has 0 bridgehead atoms. The first-order valence-electron chi connectivity index (χ1n) is 7.07. The van der Waals surface area contributed by atoms with Crippen molar-refractivity contribution in [2.75, 3.05) is 26.3 Å². The summed E-state index contributed by atoms with van der Waals surface area (Å²) >= 11 is 0. The maximum atomic E-state index is 12.5. The second-order valence-corrected chi connectivity index (χ2v) is 5.22. The molecule has 1 unspecified atom stereocenters. The average Bonchev–Trinajstić information content (AvgIpc) is 2.75. The number of nitro groups is 1. The first-order valence-corrected chi connectivity index (χ1v) is 7.07. The van der Waals surface area contributed by atoms with E-state index in [0.717, 1.165) is 4.90 Å². The van der Waals surface area contributed by atoms with Crippen molar-refractivity contribution in [2.24, 2.45) is 5.73 Å². The van der Waals surface area contributed by atoms with Crippen LogP contribution in [-0.2, 0) is 15.1 Å². The highest BCUT2D eigenvalue weighted by Crippen LogP contribution is 2.29. The summed E-state index contributed by atoms with van der Waals surface area (Å²) in [6.45, 7) is 2.60. The van der Waals surface area contributed by atoms with E-state index in [2.05, 4.69) is 5.32 Å². The van der Waals surface area contributed by atoms with Gasteiger partial charge < -0.3 is 15.8 Å². The Morgan fingerprint density at radius 1 is 1.30 bits per heavy atom. The van der Waals surface area contributed by atoms with Crippen LogP contribution in [0.5, 0.6) is 0 Å². The van der Waals surface area contributed by atoms with E-state index in [0.29, 0.717) is 18.7 Å². The van der Waals surface area contributed by atoms with E-state index in [4.69, 9.17) is 10.5 Å². The first-order chi connectivity index (χ1) is 10.9. The summed E-state index contributed by atoms with van der Waals surface area (Å²) in [5, 5.41) is 13.3. The Labute approximate surface area is 132 Å². The molecule has 1 aromatic rings. The second kappa shape index (κ2) is 6.71. The fourth-order valence-electron chi connectivity index (χ4n) is 2.35. The first kappa shape index (κ1) is 16.8. The van der Waals surface area contributed by atoms with E-state index >= 15 is 0 Å². The number of amides is 3. The molecule has 0 aliphatic carbocycles. The van der Waals surface area contributed by atoms with Gasteiger partial charge in [-0.05, 0) is 24.6 Å². The van der Waals surface area contributed by atoms with Gasteiger partial charge in [0.05, 0.1) is 24.7 Å². The number of hydrogen-bond donors (Lipinski definition) is 2. The van der Waals surface area contributed by atoms with Crippen LogP contribution in [-0.4, -0.2) is 48.1 Å². The Kier molecular flexibility index (Phi) is 4.92. The molecular weight excluding hydrogens is 304 g/mol. The van der Waals surface area contributed by atoms with Crippen molar-refractivity contribution in [3.05, 3.63) is 39.9 Å². The number of nitrogens with zero attached hydrogens (tertiary/aromatic N) is 2. The van der Waals surface area contributed by atoms with E-state index in [-0.39, 0.29) is 18.8 Å². The number of imide groups is 1. The van der Waals surface area contributed by atoms with Crippen LogP contribution in [0.1, 0.15) is 12.5 Å². The molecule has 1 aliphatic rings. The lowest BCUT2D eigenvalue weighted by atomic mass is 9.92. The highest BCUT2D eigenvalue weighted by atomic mass is 16.6. The lowest BCUT2D eigenvalue weighted by Crippen LogP contribution is -2.41. The van der Waals surface area contributed by atoms with Crippen LogP contribution in [0.15, 0.2) is 24.3 Å². The molecule has 1 fully saturated rings. The zero-order valence-electron chi connectivity index (χ0n) is 12.7. The Bertz CT molecular complexity index is 618. The van der Waals surface area contributed by atoms with Gasteiger partial charge in [0, 0.05) is 18.7 Å². The van der Waals surface area contributed by atoms with Gasteiger partial charge >= 0.3 is 6.03 Å². The third kappa shape index (κ3) is 3.30. The number of hydrogen-bond acceptors (Lipinski definition) is 6. The van der Waals surface area contributed by atoms with Crippen molar-refractivity contribution < 1.29 is 19.2 Å². The van der Waals surface area contributed by atoms with Crippen molar-refractivity contribution in [1.82, 2.24) is 10.2 Å². The number of ether oxygens (including phenoxy) is 1. The van der Waals surface area contributed by atoms with E-state index in [1.54, 1.807) is 6.92 Å². The summed E-state index contributed by atoms with van der Waals surface area (Å²) in [6, 6.07) is 5.00. The van der Waals surface area contributed by atoms with Gasteiger partial charge in [0.15, 0.2) is 0 Å². The quantitative estimate of drug-likeness (QED) is 0.322. The van der Waals surface area contributed by atoms with Crippen molar-refractivity contribution in [3.63, 3.8) is 0 Å². The molecule has 0 aromatic heterocycles. The molecule has 1 aromatic carbocycles. The number of carbonyl (C=O) groups is 2. The highest BCUT2D eigenvalue weighted by Gasteiger charge is 2.48. The Morgan fingerprint density at radius 3 is 2.52 bits per heavy atom. The number of nitro benzene ring substituents is 1. The summed E-state index contributed by atoms with van der Waals surface area (Å²) in [4.78, 5) is 35.8. The largest absolute Gasteiger partial charge is 0.378 e. The lowest BCUT2D eigenvalue weighted by Gasteiger charge is -2.22. The molecule has 0 spiro atoms. The molecule has 0 radical (unpaired) electrons. The van der Waals surface area contributed by atoms with Crippen LogP contribution < -0.4 is 11.1 Å². The molecule has 9 nitrogen and oxygen atoms in total. The van der Waals surface area contributed by atoms with E-state index in [1.807, 2.05) is 0 Å². The van der Waals surface area contributed by atoms with E-state index in [1.165, 1.54) is 24.3 Å². The number of urea groups is 1. The number of non-ortho nitro benzene ring substituents is 1. The van der Waals surface area contributed by atoms with E-state index in [9.17, 15) is 19.7 Å². The van der Waals surface area contributed by atoms with Crippen molar-refractivity contribution in [2.45, 2.75) is 12.5 Å². The fraction of sp³-hybridized carbons (Fsp3) is 0.429. The smallest absolute Gasteiger partial charge is 0.325 e. The monoisotopic (exact) mass is 322 g/mol. The van der Waals surface area contributed by atoms with Crippen LogP contribution in [0.3, 0.4) is 0 Å². The van der Waals surface area contributed by atoms with Gasteiger partial charge in [-0.3, -0.25) is 19.8 Å². The Hall–Kier alpha value is -2.52. The maximum Gasteiger partial charge on any atom is 0.325 e. The topological polar surface area (TPSA) is 128 Å². The highest BCUT2D eigenvalue weighted by molar-refractivity contribution is 6.07. The average molecular weight is 322 g/mol. The minimum Gasteiger partial charge on any atom is -0.378 e. The Balaban J connectivity index is 2.14. The molecule has 9 heteroatoms. The van der Waals surface area contributed by atoms with Crippen LogP contribution in [0.25, 0.3) is 0 Å². The van der Waals surface area contributed by atoms with Gasteiger partial charge in [-0.1, -0.05) is 0 Å². The molecule has 1 saturated heterocycles. The van der Waals surface area contributed by atoms with Crippen molar-refractivity contribution >= 4 is 17.6 Å². The molecule has 124 valence electrons. The van der Waals surface area contributed by atoms with Crippen molar-refractivity contribution in [3.8, 4) is 0 Å². The fourth-order valence-corrected chi connectivity index (χ4v) is 2.35. The lowest BCUT2D eigenvalue weighted by molar-refractivity contribution is -0.384. The van der Waals surface area contributed by atoms with E-state index < -0.39 is 22.4 Å². The molecule has 3 N–H and O–H groups in total. The SMILES string of the molecule is CC1(c2ccc([N+](=O)[O-])cc2)NC(=O)N(CCOCCN)C1=O.